The summed E-state index contributed by atoms with van der Waals surface area (Å²) >= 11 is 0. The van der Waals surface area contributed by atoms with Gasteiger partial charge in [0.15, 0.2) is 0 Å². The van der Waals surface area contributed by atoms with Gasteiger partial charge in [0.2, 0.25) is 0 Å². The number of anilines is 2. The van der Waals surface area contributed by atoms with Crippen LogP contribution in [0.3, 0.4) is 0 Å². The van der Waals surface area contributed by atoms with Crippen LogP contribution in [0.5, 0.6) is 5.75 Å². The van der Waals surface area contributed by atoms with Gasteiger partial charge in [-0.3, -0.25) is 0 Å². The highest BCUT2D eigenvalue weighted by Crippen LogP contribution is 2.46. The molecule has 2 N–H and O–H groups in total. The highest BCUT2D eigenvalue weighted by molar-refractivity contribution is 6.64. The third kappa shape index (κ3) is 3.87. The van der Waals surface area contributed by atoms with Crippen LogP contribution in [-0.2, 0) is 20.1 Å². The Balaban J connectivity index is 1.71. The van der Waals surface area contributed by atoms with Crippen LogP contribution in [0.4, 0.5) is 11.4 Å². The van der Waals surface area contributed by atoms with Gasteiger partial charge in [-0.05, 0) is 80.7 Å². The Morgan fingerprint density at radius 3 is 1.97 bits per heavy atom. The highest BCUT2D eigenvalue weighted by Gasteiger charge is 2.52. The Morgan fingerprint density at radius 2 is 1.35 bits per heavy atom. The van der Waals surface area contributed by atoms with Gasteiger partial charge in [-0.2, -0.15) is 0 Å². The third-order valence-electron chi connectivity index (χ3n) is 7.68. The van der Waals surface area contributed by atoms with E-state index in [1.165, 1.54) is 24.0 Å². The van der Waals surface area contributed by atoms with Crippen molar-refractivity contribution >= 4 is 24.0 Å². The van der Waals surface area contributed by atoms with Crippen molar-refractivity contribution < 1.29 is 14.4 Å². The number of phenols is 1. The van der Waals surface area contributed by atoms with Crippen LogP contribution < -0.4 is 10.8 Å². The molecule has 2 aliphatic rings. The largest absolute Gasteiger partial charge is 0.508 e. The second kappa shape index (κ2) is 7.01. The van der Waals surface area contributed by atoms with Crippen molar-refractivity contribution in [2.75, 3.05) is 5.32 Å². The Bertz CT molecular complexity index is 994. The number of rotatable bonds is 3. The lowest BCUT2D eigenvalue weighted by atomic mass is 9.63. The van der Waals surface area contributed by atoms with Crippen molar-refractivity contribution in [2.24, 2.45) is 0 Å². The molecule has 1 fully saturated rings. The number of nitrogens with one attached hydrogen (secondary N) is 1. The normalized spacial score (nSPS) is 22.8. The van der Waals surface area contributed by atoms with Crippen molar-refractivity contribution in [3.63, 3.8) is 0 Å². The summed E-state index contributed by atoms with van der Waals surface area (Å²) in [6.07, 6.45) is 2.36. The summed E-state index contributed by atoms with van der Waals surface area (Å²) in [5.41, 5.74) is 4.98. The first-order valence-electron chi connectivity index (χ1n) is 11.3. The molecular formula is C26H36BNO3. The van der Waals surface area contributed by atoms with Crippen LogP contribution in [0.1, 0.15) is 79.4 Å². The molecule has 1 saturated heterocycles. The lowest BCUT2D eigenvalue weighted by Gasteiger charge is -2.42. The average molecular weight is 421 g/mol. The SMILES string of the molecule is CC1(C)CCC(C)(C)c2cc(Nc3cc(O)ccc3B3OC(C)(C)C(C)(C)O3)ccc21. The summed E-state index contributed by atoms with van der Waals surface area (Å²) in [5, 5.41) is 13.7. The maximum atomic E-state index is 10.2. The lowest BCUT2D eigenvalue weighted by Crippen LogP contribution is -2.41. The molecule has 0 saturated carbocycles. The van der Waals surface area contributed by atoms with Gasteiger partial charge >= 0.3 is 7.12 Å². The van der Waals surface area contributed by atoms with Gasteiger partial charge in [-0.15, -0.1) is 0 Å². The molecule has 4 nitrogen and oxygen atoms in total. The Kier molecular flexibility index (Phi) is 5.03. The van der Waals surface area contributed by atoms with Gasteiger partial charge < -0.3 is 19.7 Å². The molecule has 1 aliphatic heterocycles. The first-order chi connectivity index (χ1) is 14.2. The zero-order valence-electron chi connectivity index (χ0n) is 20.2. The average Bonchev–Trinajstić information content (AvgIpc) is 2.86. The van der Waals surface area contributed by atoms with Crippen molar-refractivity contribution in [1.29, 1.82) is 0 Å². The van der Waals surface area contributed by atoms with Gasteiger partial charge in [0.05, 0.1) is 11.2 Å². The zero-order valence-corrected chi connectivity index (χ0v) is 20.2. The van der Waals surface area contributed by atoms with E-state index >= 15 is 0 Å². The van der Waals surface area contributed by atoms with E-state index in [2.05, 4.69) is 51.2 Å². The predicted molar refractivity (Wildman–Crippen MR) is 129 cm³/mol. The fraction of sp³-hybridized carbons (Fsp3) is 0.538. The van der Waals surface area contributed by atoms with E-state index in [0.29, 0.717) is 0 Å². The molecule has 0 radical (unpaired) electrons. The standard InChI is InChI=1S/C26H36BNO3/c1-23(2)13-14-24(3,4)20-15-17(9-11-19(20)23)28-22-16-18(29)10-12-21(22)27-30-25(5,6)26(7,8)31-27/h9-12,15-16,28-29H,13-14H2,1-8H3. The van der Waals surface area contributed by atoms with E-state index < -0.39 is 18.3 Å². The van der Waals surface area contributed by atoms with E-state index in [0.717, 1.165) is 16.8 Å². The minimum Gasteiger partial charge on any atom is -0.508 e. The van der Waals surface area contributed by atoms with Crippen molar-refractivity contribution in [1.82, 2.24) is 0 Å². The fourth-order valence-electron chi connectivity index (χ4n) is 4.65. The number of fused-ring (bicyclic) bond motifs is 1. The maximum Gasteiger partial charge on any atom is 0.496 e. The second-order valence-corrected chi connectivity index (χ2v) is 11.5. The van der Waals surface area contributed by atoms with Gasteiger partial charge in [-0.25, -0.2) is 0 Å². The Labute approximate surface area is 187 Å². The fourth-order valence-corrected chi connectivity index (χ4v) is 4.65. The van der Waals surface area contributed by atoms with Gasteiger partial charge in [0.1, 0.15) is 5.75 Å². The molecule has 31 heavy (non-hydrogen) atoms. The summed E-state index contributed by atoms with van der Waals surface area (Å²) in [7, 11) is -0.499. The quantitative estimate of drug-likeness (QED) is 0.617. The molecule has 1 aliphatic carbocycles. The number of aromatic hydroxyl groups is 1. The molecule has 0 unspecified atom stereocenters. The smallest absolute Gasteiger partial charge is 0.496 e. The Morgan fingerprint density at radius 1 is 0.774 bits per heavy atom. The lowest BCUT2D eigenvalue weighted by molar-refractivity contribution is 0.00578. The number of benzene rings is 2. The highest BCUT2D eigenvalue weighted by atomic mass is 16.7. The molecule has 2 aromatic carbocycles. The van der Waals surface area contributed by atoms with Crippen LogP contribution >= 0.6 is 0 Å². The number of phenolic OH excluding ortho intramolecular Hbond substituents is 1. The first-order valence-corrected chi connectivity index (χ1v) is 11.3. The molecule has 0 aromatic heterocycles. The first kappa shape index (κ1) is 22.2. The zero-order chi connectivity index (χ0) is 22.8. The molecule has 5 heteroatoms. The molecule has 4 rings (SSSR count). The molecule has 0 spiro atoms. The van der Waals surface area contributed by atoms with Gasteiger partial charge in [-0.1, -0.05) is 39.8 Å². The summed E-state index contributed by atoms with van der Waals surface area (Å²) in [6.45, 7) is 17.5. The van der Waals surface area contributed by atoms with Crippen molar-refractivity contribution in [3.8, 4) is 5.75 Å². The van der Waals surface area contributed by atoms with Crippen molar-refractivity contribution in [2.45, 2.75) is 90.3 Å². The molecule has 0 atom stereocenters. The van der Waals surface area contributed by atoms with Crippen LogP contribution in [0, 0.1) is 0 Å². The minimum absolute atomic E-state index is 0.135. The maximum absolute atomic E-state index is 10.2. The van der Waals surface area contributed by atoms with Crippen molar-refractivity contribution in [3.05, 3.63) is 47.5 Å². The van der Waals surface area contributed by atoms with Crippen LogP contribution in [0.2, 0.25) is 0 Å². The van der Waals surface area contributed by atoms with E-state index in [4.69, 9.17) is 9.31 Å². The van der Waals surface area contributed by atoms with Gasteiger partial charge in [0.25, 0.3) is 0 Å². The van der Waals surface area contributed by atoms with E-state index in [9.17, 15) is 5.11 Å². The second-order valence-electron chi connectivity index (χ2n) is 11.5. The summed E-state index contributed by atoms with van der Waals surface area (Å²) < 4.78 is 12.6. The number of hydrogen-bond acceptors (Lipinski definition) is 4. The molecular weight excluding hydrogens is 385 g/mol. The third-order valence-corrected chi connectivity index (χ3v) is 7.68. The summed E-state index contributed by atoms with van der Waals surface area (Å²) in [5.74, 6) is 0.210. The van der Waals surface area contributed by atoms with E-state index in [1.54, 1.807) is 12.1 Å². The van der Waals surface area contributed by atoms with E-state index in [-0.39, 0.29) is 16.6 Å². The van der Waals surface area contributed by atoms with Crippen LogP contribution in [0.25, 0.3) is 0 Å². The summed E-state index contributed by atoms with van der Waals surface area (Å²) in [6, 6.07) is 12.0. The summed E-state index contributed by atoms with van der Waals surface area (Å²) in [4.78, 5) is 0. The number of hydrogen-bond donors (Lipinski definition) is 2. The van der Waals surface area contributed by atoms with Crippen LogP contribution in [0.15, 0.2) is 36.4 Å². The predicted octanol–water partition coefficient (Wildman–Crippen LogP) is 5.78. The minimum atomic E-state index is -0.499. The molecule has 0 bridgehead atoms. The van der Waals surface area contributed by atoms with Gasteiger partial charge in [0, 0.05) is 22.9 Å². The molecule has 0 amide bonds. The molecule has 166 valence electrons. The molecule has 1 heterocycles. The Hall–Kier alpha value is -1.98. The topological polar surface area (TPSA) is 50.7 Å². The van der Waals surface area contributed by atoms with Crippen LogP contribution in [-0.4, -0.2) is 23.4 Å². The van der Waals surface area contributed by atoms with E-state index in [1.807, 2.05) is 33.8 Å². The monoisotopic (exact) mass is 421 g/mol. The molecule has 2 aromatic rings.